The minimum absolute atomic E-state index is 0.859. The summed E-state index contributed by atoms with van der Waals surface area (Å²) in [6, 6.07) is 2.58. The van der Waals surface area contributed by atoms with Crippen LogP contribution in [-0.2, 0) is 0 Å². The Balaban J connectivity index is 0.000000861. The predicted molar refractivity (Wildman–Crippen MR) is 85.5 cm³/mol. The van der Waals surface area contributed by atoms with Crippen molar-refractivity contribution in [3.8, 4) is 0 Å². The summed E-state index contributed by atoms with van der Waals surface area (Å²) in [7, 11) is 0. The van der Waals surface area contributed by atoms with Gasteiger partial charge in [0.2, 0.25) is 0 Å². The van der Waals surface area contributed by atoms with Gasteiger partial charge in [-0.3, -0.25) is 9.80 Å². The summed E-state index contributed by atoms with van der Waals surface area (Å²) in [6.07, 6.45) is 9.71. The zero-order valence-corrected chi connectivity index (χ0v) is 14.0. The molecule has 2 unspecified atom stereocenters. The summed E-state index contributed by atoms with van der Waals surface area (Å²) < 4.78 is 0. The highest BCUT2D eigenvalue weighted by Gasteiger charge is 2.34. The summed E-state index contributed by atoms with van der Waals surface area (Å²) in [5.74, 6) is 0. The summed E-state index contributed by atoms with van der Waals surface area (Å²) in [6.45, 7) is 13.6. The van der Waals surface area contributed by atoms with Crippen molar-refractivity contribution >= 4 is 0 Å². The summed E-state index contributed by atoms with van der Waals surface area (Å²) in [5, 5.41) is 0. The van der Waals surface area contributed by atoms with E-state index in [1.54, 1.807) is 0 Å². The first kappa shape index (κ1) is 17.0. The quantitative estimate of drug-likeness (QED) is 0.724. The summed E-state index contributed by atoms with van der Waals surface area (Å²) in [4.78, 5) is 5.56. The predicted octanol–water partition coefficient (Wildman–Crippen LogP) is 4.50. The van der Waals surface area contributed by atoms with Crippen LogP contribution in [0.1, 0.15) is 79.6 Å². The molecule has 114 valence electrons. The van der Waals surface area contributed by atoms with Gasteiger partial charge in [0, 0.05) is 18.1 Å². The fourth-order valence-corrected chi connectivity index (χ4v) is 3.88. The van der Waals surface area contributed by atoms with Crippen LogP contribution < -0.4 is 0 Å². The van der Waals surface area contributed by atoms with E-state index in [-0.39, 0.29) is 0 Å². The maximum atomic E-state index is 2.81. The van der Waals surface area contributed by atoms with E-state index in [0.717, 1.165) is 18.1 Å². The summed E-state index contributed by atoms with van der Waals surface area (Å²) >= 11 is 0. The SMILES string of the molecule is CC.CCC1CCCN1CN1C(CC)CC[C@H]1CC. The molecule has 0 N–H and O–H groups in total. The lowest BCUT2D eigenvalue weighted by Crippen LogP contribution is -2.45. The lowest BCUT2D eigenvalue weighted by Gasteiger charge is -2.35. The zero-order chi connectivity index (χ0) is 14.3. The molecule has 2 heterocycles. The van der Waals surface area contributed by atoms with Crippen molar-refractivity contribution in [2.45, 2.75) is 97.7 Å². The van der Waals surface area contributed by atoms with Crippen LogP contribution in [0.3, 0.4) is 0 Å². The molecule has 0 amide bonds. The van der Waals surface area contributed by atoms with E-state index in [4.69, 9.17) is 0 Å². The average molecular weight is 268 g/mol. The van der Waals surface area contributed by atoms with Crippen molar-refractivity contribution in [3.63, 3.8) is 0 Å². The minimum Gasteiger partial charge on any atom is -0.288 e. The number of hydrogen-bond acceptors (Lipinski definition) is 2. The fourth-order valence-electron chi connectivity index (χ4n) is 3.88. The second-order valence-electron chi connectivity index (χ2n) is 5.87. The van der Waals surface area contributed by atoms with E-state index >= 15 is 0 Å². The second-order valence-corrected chi connectivity index (χ2v) is 5.87. The molecule has 0 radical (unpaired) electrons. The maximum Gasteiger partial charge on any atom is 0.0514 e. The first-order valence-electron chi connectivity index (χ1n) is 8.79. The van der Waals surface area contributed by atoms with Crippen LogP contribution >= 0.6 is 0 Å². The molecule has 2 aliphatic rings. The Hall–Kier alpha value is -0.0800. The van der Waals surface area contributed by atoms with Crippen LogP contribution in [0.15, 0.2) is 0 Å². The van der Waals surface area contributed by atoms with E-state index < -0.39 is 0 Å². The molecule has 2 fully saturated rings. The van der Waals surface area contributed by atoms with Crippen molar-refractivity contribution in [1.82, 2.24) is 9.80 Å². The Bertz CT molecular complexity index is 217. The molecule has 0 bridgehead atoms. The second kappa shape index (κ2) is 8.97. The molecule has 0 saturated carbocycles. The summed E-state index contributed by atoms with van der Waals surface area (Å²) in [5.41, 5.74) is 0. The van der Waals surface area contributed by atoms with Crippen LogP contribution in [0.2, 0.25) is 0 Å². The van der Waals surface area contributed by atoms with Gasteiger partial charge in [-0.05, 0) is 51.5 Å². The first-order chi connectivity index (χ1) is 9.30. The molecule has 0 aromatic rings. The van der Waals surface area contributed by atoms with Crippen LogP contribution in [-0.4, -0.2) is 41.1 Å². The average Bonchev–Trinajstić information content (AvgIpc) is 3.07. The molecule has 0 spiro atoms. The maximum absolute atomic E-state index is 2.81. The first-order valence-corrected chi connectivity index (χ1v) is 8.79. The van der Waals surface area contributed by atoms with Crippen molar-refractivity contribution in [2.24, 2.45) is 0 Å². The highest BCUT2D eigenvalue weighted by Crippen LogP contribution is 2.30. The van der Waals surface area contributed by atoms with Crippen LogP contribution in [0, 0.1) is 0 Å². The van der Waals surface area contributed by atoms with E-state index in [0.29, 0.717) is 0 Å². The Morgan fingerprint density at radius 3 is 1.79 bits per heavy atom. The number of rotatable bonds is 5. The molecule has 0 aliphatic carbocycles. The van der Waals surface area contributed by atoms with Gasteiger partial charge in [0.05, 0.1) is 6.67 Å². The molecule has 2 saturated heterocycles. The third-order valence-electron chi connectivity index (χ3n) is 5.03. The van der Waals surface area contributed by atoms with Crippen LogP contribution in [0.25, 0.3) is 0 Å². The normalized spacial score (nSPS) is 32.4. The van der Waals surface area contributed by atoms with Crippen molar-refractivity contribution in [1.29, 1.82) is 0 Å². The van der Waals surface area contributed by atoms with Gasteiger partial charge < -0.3 is 0 Å². The number of hydrogen-bond donors (Lipinski definition) is 0. The molecular weight excluding hydrogens is 232 g/mol. The molecule has 2 heteroatoms. The molecule has 0 aromatic heterocycles. The van der Waals surface area contributed by atoms with E-state index in [1.165, 1.54) is 58.2 Å². The monoisotopic (exact) mass is 268 g/mol. The van der Waals surface area contributed by atoms with Crippen LogP contribution in [0.5, 0.6) is 0 Å². The van der Waals surface area contributed by atoms with Gasteiger partial charge >= 0.3 is 0 Å². The van der Waals surface area contributed by atoms with E-state index in [9.17, 15) is 0 Å². The lowest BCUT2D eigenvalue weighted by atomic mass is 10.1. The molecule has 2 nitrogen and oxygen atoms in total. The standard InChI is InChI=1S/C15H30N2.C2H6/c1-4-13-8-7-11-16(13)12-17-14(5-2)9-10-15(17)6-3;1-2/h13-15H,4-12H2,1-3H3;1-2H3/t13?,14-,15?;/m1./s1. The molecular formula is C17H36N2. The zero-order valence-electron chi connectivity index (χ0n) is 14.0. The van der Waals surface area contributed by atoms with Gasteiger partial charge in [-0.15, -0.1) is 0 Å². The lowest BCUT2D eigenvalue weighted by molar-refractivity contribution is 0.0756. The van der Waals surface area contributed by atoms with Crippen LogP contribution in [0.4, 0.5) is 0 Å². The van der Waals surface area contributed by atoms with E-state index in [1.807, 2.05) is 13.8 Å². The van der Waals surface area contributed by atoms with Crippen molar-refractivity contribution in [3.05, 3.63) is 0 Å². The third-order valence-corrected chi connectivity index (χ3v) is 5.03. The Morgan fingerprint density at radius 2 is 1.32 bits per heavy atom. The molecule has 3 atom stereocenters. The molecule has 2 rings (SSSR count). The van der Waals surface area contributed by atoms with Gasteiger partial charge in [0.25, 0.3) is 0 Å². The number of nitrogens with zero attached hydrogens (tertiary/aromatic N) is 2. The largest absolute Gasteiger partial charge is 0.288 e. The minimum atomic E-state index is 0.859. The van der Waals surface area contributed by atoms with Gasteiger partial charge in [-0.2, -0.15) is 0 Å². The topological polar surface area (TPSA) is 6.48 Å². The Kier molecular flexibility index (Phi) is 8.01. The highest BCUT2D eigenvalue weighted by atomic mass is 15.4. The Labute approximate surface area is 121 Å². The molecule has 19 heavy (non-hydrogen) atoms. The smallest absolute Gasteiger partial charge is 0.0514 e. The molecule has 2 aliphatic heterocycles. The third kappa shape index (κ3) is 4.19. The van der Waals surface area contributed by atoms with Gasteiger partial charge in [-0.1, -0.05) is 34.6 Å². The van der Waals surface area contributed by atoms with Gasteiger partial charge in [0.1, 0.15) is 0 Å². The van der Waals surface area contributed by atoms with Gasteiger partial charge in [-0.25, -0.2) is 0 Å². The Morgan fingerprint density at radius 1 is 0.789 bits per heavy atom. The fraction of sp³-hybridized carbons (Fsp3) is 1.00. The van der Waals surface area contributed by atoms with Gasteiger partial charge in [0.15, 0.2) is 0 Å². The van der Waals surface area contributed by atoms with E-state index in [2.05, 4.69) is 30.6 Å². The number of likely N-dealkylation sites (tertiary alicyclic amines) is 2. The highest BCUT2D eigenvalue weighted by molar-refractivity contribution is 4.88. The van der Waals surface area contributed by atoms with Crippen molar-refractivity contribution in [2.75, 3.05) is 13.2 Å². The van der Waals surface area contributed by atoms with Crippen molar-refractivity contribution < 1.29 is 0 Å². The molecule has 0 aromatic carbocycles.